The van der Waals surface area contributed by atoms with Crippen LogP contribution in [-0.2, 0) is 22.9 Å². The van der Waals surface area contributed by atoms with E-state index in [-0.39, 0.29) is 5.75 Å². The molecule has 2 aromatic rings. The summed E-state index contributed by atoms with van der Waals surface area (Å²) in [7, 11) is -2.95. The molecule has 0 saturated carbocycles. The van der Waals surface area contributed by atoms with E-state index in [2.05, 4.69) is 31.4 Å². The molecule has 1 aromatic heterocycles. The number of nitrogens with zero attached hydrogens (tertiary/aromatic N) is 1. The maximum atomic E-state index is 11.4. The molecule has 116 valence electrons. The average molecular weight is 308 g/mol. The van der Waals surface area contributed by atoms with Gasteiger partial charge in [0.1, 0.15) is 9.84 Å². The monoisotopic (exact) mass is 308 g/mol. The van der Waals surface area contributed by atoms with Crippen molar-refractivity contribution < 1.29 is 8.42 Å². The highest BCUT2D eigenvalue weighted by Gasteiger charge is 2.10. The summed E-state index contributed by atoms with van der Waals surface area (Å²) in [4.78, 5) is 0. The molecule has 1 heterocycles. The first-order chi connectivity index (χ1) is 9.87. The lowest BCUT2D eigenvalue weighted by molar-refractivity contribution is 0.552. The number of benzene rings is 1. The van der Waals surface area contributed by atoms with Crippen LogP contribution in [0.5, 0.6) is 0 Å². The number of para-hydroxylation sites is 1. The molecule has 0 aliphatic carbocycles. The molecule has 0 radical (unpaired) electrons. The van der Waals surface area contributed by atoms with Crippen molar-refractivity contribution in [3.05, 3.63) is 36.0 Å². The second kappa shape index (κ2) is 6.62. The van der Waals surface area contributed by atoms with Crippen LogP contribution in [0.15, 0.2) is 30.5 Å². The number of fused-ring (bicyclic) bond motifs is 1. The minimum Gasteiger partial charge on any atom is -0.346 e. The molecule has 1 aromatic carbocycles. The zero-order valence-electron chi connectivity index (χ0n) is 13.0. The van der Waals surface area contributed by atoms with Crippen LogP contribution in [0.2, 0.25) is 0 Å². The van der Waals surface area contributed by atoms with Gasteiger partial charge in [-0.15, -0.1) is 0 Å². The summed E-state index contributed by atoms with van der Waals surface area (Å²) < 4.78 is 24.8. The summed E-state index contributed by atoms with van der Waals surface area (Å²) in [5, 5.41) is 4.64. The van der Waals surface area contributed by atoms with Crippen molar-refractivity contribution in [1.82, 2.24) is 9.88 Å². The first-order valence-electron chi connectivity index (χ1n) is 7.32. The predicted octanol–water partition coefficient (Wildman–Crippen LogP) is 2.43. The molecule has 5 heteroatoms. The first kappa shape index (κ1) is 16.0. The van der Waals surface area contributed by atoms with Gasteiger partial charge in [-0.25, -0.2) is 8.42 Å². The van der Waals surface area contributed by atoms with Crippen LogP contribution in [0.3, 0.4) is 0 Å². The van der Waals surface area contributed by atoms with Crippen molar-refractivity contribution in [2.45, 2.75) is 26.9 Å². The van der Waals surface area contributed by atoms with Gasteiger partial charge in [0.15, 0.2) is 0 Å². The average Bonchev–Trinajstić information content (AvgIpc) is 2.74. The summed E-state index contributed by atoms with van der Waals surface area (Å²) in [6.07, 6.45) is 3.35. The maximum absolute atomic E-state index is 11.4. The third kappa shape index (κ3) is 4.58. The third-order valence-corrected chi connectivity index (χ3v) is 4.37. The number of aromatic nitrogens is 1. The maximum Gasteiger partial charge on any atom is 0.149 e. The van der Waals surface area contributed by atoms with Gasteiger partial charge in [-0.05, 0) is 24.1 Å². The number of nitrogens with one attached hydrogen (secondary N) is 1. The number of hydrogen-bond acceptors (Lipinski definition) is 3. The molecule has 0 amide bonds. The Morgan fingerprint density at radius 1 is 1.24 bits per heavy atom. The molecule has 0 unspecified atom stereocenters. The number of aryl methyl sites for hydroxylation is 1. The smallest absolute Gasteiger partial charge is 0.149 e. The Hall–Kier alpha value is -1.33. The fraction of sp³-hybridized carbons (Fsp3) is 0.500. The SMILES string of the molecule is CC(C)CNCc1cn(CCS(C)(=O)=O)c2ccccc12. The molecule has 0 saturated heterocycles. The number of hydrogen-bond donors (Lipinski definition) is 1. The minimum atomic E-state index is -2.95. The largest absolute Gasteiger partial charge is 0.346 e. The summed E-state index contributed by atoms with van der Waals surface area (Å²) in [5.41, 5.74) is 2.32. The van der Waals surface area contributed by atoms with E-state index in [1.54, 1.807) is 0 Å². The lowest BCUT2D eigenvalue weighted by atomic mass is 10.1. The quantitative estimate of drug-likeness (QED) is 0.854. The standard InChI is InChI=1S/C16H24N2O2S/c1-13(2)10-17-11-14-12-18(8-9-21(3,19)20)16-7-5-4-6-15(14)16/h4-7,12-13,17H,8-11H2,1-3H3. The van der Waals surface area contributed by atoms with Gasteiger partial charge in [-0.1, -0.05) is 32.0 Å². The fourth-order valence-electron chi connectivity index (χ4n) is 2.41. The molecule has 4 nitrogen and oxygen atoms in total. The zero-order valence-corrected chi connectivity index (χ0v) is 13.8. The summed E-state index contributed by atoms with van der Waals surface area (Å²) in [6, 6.07) is 8.15. The highest BCUT2D eigenvalue weighted by Crippen LogP contribution is 2.21. The molecular formula is C16H24N2O2S. The van der Waals surface area contributed by atoms with Crippen LogP contribution in [0.4, 0.5) is 0 Å². The van der Waals surface area contributed by atoms with Gasteiger partial charge in [0.2, 0.25) is 0 Å². The van der Waals surface area contributed by atoms with Crippen molar-refractivity contribution in [2.75, 3.05) is 18.6 Å². The van der Waals surface area contributed by atoms with Crippen LogP contribution in [-0.4, -0.2) is 31.5 Å². The second-order valence-electron chi connectivity index (χ2n) is 6.02. The van der Waals surface area contributed by atoms with Crippen LogP contribution in [0.25, 0.3) is 10.9 Å². The van der Waals surface area contributed by atoms with Crippen LogP contribution < -0.4 is 5.32 Å². The van der Waals surface area contributed by atoms with Gasteiger partial charge in [-0.3, -0.25) is 0 Å². The Balaban J connectivity index is 2.21. The van der Waals surface area contributed by atoms with Gasteiger partial charge >= 0.3 is 0 Å². The second-order valence-corrected chi connectivity index (χ2v) is 8.28. The Morgan fingerprint density at radius 3 is 2.62 bits per heavy atom. The predicted molar refractivity (Wildman–Crippen MR) is 88.2 cm³/mol. The molecule has 21 heavy (non-hydrogen) atoms. The molecule has 0 aliphatic rings. The molecule has 0 atom stereocenters. The van der Waals surface area contributed by atoms with Crippen molar-refractivity contribution in [2.24, 2.45) is 5.92 Å². The molecule has 0 bridgehead atoms. The Bertz CT molecular complexity index is 702. The molecule has 2 rings (SSSR count). The molecule has 1 N–H and O–H groups in total. The van der Waals surface area contributed by atoms with E-state index < -0.39 is 9.84 Å². The van der Waals surface area contributed by atoms with Gasteiger partial charge in [0.25, 0.3) is 0 Å². The van der Waals surface area contributed by atoms with Crippen molar-refractivity contribution in [1.29, 1.82) is 0 Å². The van der Waals surface area contributed by atoms with Crippen LogP contribution >= 0.6 is 0 Å². The lowest BCUT2D eigenvalue weighted by Gasteiger charge is -2.06. The summed E-state index contributed by atoms with van der Waals surface area (Å²) in [5.74, 6) is 0.786. The fourth-order valence-corrected chi connectivity index (χ4v) is 2.94. The first-order valence-corrected chi connectivity index (χ1v) is 9.38. The Kier molecular flexibility index (Phi) is 5.06. The molecule has 0 aliphatic heterocycles. The van der Waals surface area contributed by atoms with E-state index >= 15 is 0 Å². The van der Waals surface area contributed by atoms with E-state index in [4.69, 9.17) is 0 Å². The summed E-state index contributed by atoms with van der Waals surface area (Å²) in [6.45, 7) is 6.65. The van der Waals surface area contributed by atoms with Crippen molar-refractivity contribution in [3.8, 4) is 0 Å². The Labute approximate surface area is 127 Å². The third-order valence-electron chi connectivity index (χ3n) is 3.44. The normalized spacial score (nSPS) is 12.4. The van der Waals surface area contributed by atoms with Crippen molar-refractivity contribution in [3.63, 3.8) is 0 Å². The van der Waals surface area contributed by atoms with Crippen LogP contribution in [0.1, 0.15) is 19.4 Å². The van der Waals surface area contributed by atoms with E-state index in [0.29, 0.717) is 12.5 Å². The highest BCUT2D eigenvalue weighted by atomic mass is 32.2. The molecular weight excluding hydrogens is 284 g/mol. The van der Waals surface area contributed by atoms with Gasteiger partial charge in [-0.2, -0.15) is 0 Å². The minimum absolute atomic E-state index is 0.171. The highest BCUT2D eigenvalue weighted by molar-refractivity contribution is 7.90. The zero-order chi connectivity index (χ0) is 15.5. The topological polar surface area (TPSA) is 51.1 Å². The van der Waals surface area contributed by atoms with Gasteiger partial charge in [0, 0.05) is 36.4 Å². The van der Waals surface area contributed by atoms with E-state index in [1.165, 1.54) is 17.2 Å². The lowest BCUT2D eigenvalue weighted by Crippen LogP contribution is -2.18. The van der Waals surface area contributed by atoms with Crippen LogP contribution in [0, 0.1) is 5.92 Å². The van der Waals surface area contributed by atoms with E-state index in [0.717, 1.165) is 18.6 Å². The molecule has 0 spiro atoms. The van der Waals surface area contributed by atoms with E-state index in [9.17, 15) is 8.42 Å². The molecule has 0 fully saturated rings. The Morgan fingerprint density at radius 2 is 1.95 bits per heavy atom. The summed E-state index contributed by atoms with van der Waals surface area (Å²) >= 11 is 0. The van der Waals surface area contributed by atoms with E-state index in [1.807, 2.05) is 22.8 Å². The number of sulfone groups is 1. The number of rotatable bonds is 7. The van der Waals surface area contributed by atoms with Gasteiger partial charge in [0.05, 0.1) is 5.75 Å². The van der Waals surface area contributed by atoms with Crippen molar-refractivity contribution >= 4 is 20.7 Å². The van der Waals surface area contributed by atoms with Gasteiger partial charge < -0.3 is 9.88 Å².